The van der Waals surface area contributed by atoms with Crippen LogP contribution in [0.4, 0.5) is 0 Å². The highest BCUT2D eigenvalue weighted by molar-refractivity contribution is 5.79. The van der Waals surface area contributed by atoms with Crippen molar-refractivity contribution >= 4 is 5.96 Å². The van der Waals surface area contributed by atoms with Crippen LogP contribution in [0.1, 0.15) is 52.9 Å². The monoisotopic (exact) mass is 338 g/mol. The molecule has 0 aromatic rings. The smallest absolute Gasteiger partial charge is 0.191 e. The molecule has 2 aliphatic rings. The summed E-state index contributed by atoms with van der Waals surface area (Å²) in [4.78, 5) is 7.31. The third-order valence-corrected chi connectivity index (χ3v) is 4.96. The van der Waals surface area contributed by atoms with Crippen LogP contribution < -0.4 is 10.6 Å². The Morgan fingerprint density at radius 1 is 1.17 bits per heavy atom. The normalized spacial score (nSPS) is 29.0. The molecule has 0 spiro atoms. The Bertz CT molecular complexity index is 358. The van der Waals surface area contributed by atoms with Gasteiger partial charge in [0.2, 0.25) is 0 Å². The zero-order valence-corrected chi connectivity index (χ0v) is 16.0. The molecular formula is C19H38N4O. The summed E-state index contributed by atoms with van der Waals surface area (Å²) >= 11 is 0. The Balaban J connectivity index is 1.59. The highest BCUT2D eigenvalue weighted by Gasteiger charge is 2.21. The van der Waals surface area contributed by atoms with Crippen LogP contribution in [0.15, 0.2) is 4.99 Å². The van der Waals surface area contributed by atoms with Crippen molar-refractivity contribution < 1.29 is 4.74 Å². The van der Waals surface area contributed by atoms with Gasteiger partial charge < -0.3 is 20.3 Å². The SMILES string of the molecule is CCNC(=NCC1CCCO1)NCCCCN1CC(C)CC(C)C1. The molecule has 0 aromatic carbocycles. The van der Waals surface area contributed by atoms with Crippen LogP contribution in [-0.2, 0) is 4.74 Å². The zero-order valence-electron chi connectivity index (χ0n) is 16.0. The van der Waals surface area contributed by atoms with Crippen LogP contribution in [-0.4, -0.2) is 62.8 Å². The van der Waals surface area contributed by atoms with Gasteiger partial charge in [-0.25, -0.2) is 0 Å². The number of piperidine rings is 1. The van der Waals surface area contributed by atoms with Crippen molar-refractivity contribution in [2.24, 2.45) is 16.8 Å². The molecule has 0 radical (unpaired) electrons. The van der Waals surface area contributed by atoms with Crippen LogP contribution in [0.3, 0.4) is 0 Å². The summed E-state index contributed by atoms with van der Waals surface area (Å²) in [5.41, 5.74) is 0. The van der Waals surface area contributed by atoms with E-state index in [1.807, 2.05) is 0 Å². The molecule has 3 atom stereocenters. The maximum atomic E-state index is 5.64. The van der Waals surface area contributed by atoms with Gasteiger partial charge in [-0.15, -0.1) is 0 Å². The van der Waals surface area contributed by atoms with Crippen molar-refractivity contribution in [3.63, 3.8) is 0 Å². The number of hydrogen-bond donors (Lipinski definition) is 2. The average Bonchev–Trinajstić information content (AvgIpc) is 3.04. The van der Waals surface area contributed by atoms with Crippen molar-refractivity contribution in [2.75, 3.05) is 45.9 Å². The third kappa shape index (κ3) is 7.39. The van der Waals surface area contributed by atoms with Gasteiger partial charge in [-0.3, -0.25) is 4.99 Å². The molecule has 0 bridgehead atoms. The summed E-state index contributed by atoms with van der Waals surface area (Å²) in [6.45, 7) is 14.3. The molecule has 0 aliphatic carbocycles. The van der Waals surface area contributed by atoms with Crippen molar-refractivity contribution in [3.05, 3.63) is 0 Å². The minimum Gasteiger partial charge on any atom is -0.376 e. The topological polar surface area (TPSA) is 48.9 Å². The maximum Gasteiger partial charge on any atom is 0.191 e. The van der Waals surface area contributed by atoms with Gasteiger partial charge in [-0.1, -0.05) is 13.8 Å². The van der Waals surface area contributed by atoms with Gasteiger partial charge in [-0.05, 0) is 57.4 Å². The second kappa shape index (κ2) is 10.9. The van der Waals surface area contributed by atoms with Gasteiger partial charge in [0.05, 0.1) is 12.6 Å². The Kier molecular flexibility index (Phi) is 8.89. The van der Waals surface area contributed by atoms with Crippen molar-refractivity contribution in [2.45, 2.75) is 59.0 Å². The van der Waals surface area contributed by atoms with Crippen LogP contribution in [0.25, 0.3) is 0 Å². The van der Waals surface area contributed by atoms with E-state index >= 15 is 0 Å². The second-order valence-corrected chi connectivity index (χ2v) is 7.69. The lowest BCUT2D eigenvalue weighted by molar-refractivity contribution is 0.117. The van der Waals surface area contributed by atoms with Gasteiger partial charge in [0, 0.05) is 32.8 Å². The molecule has 0 amide bonds. The highest BCUT2D eigenvalue weighted by atomic mass is 16.5. The van der Waals surface area contributed by atoms with E-state index in [1.54, 1.807) is 0 Å². The molecule has 3 unspecified atom stereocenters. The fourth-order valence-corrected chi connectivity index (χ4v) is 3.96. The predicted octanol–water partition coefficient (Wildman–Crippen LogP) is 2.48. The maximum absolute atomic E-state index is 5.64. The Labute approximate surface area is 148 Å². The Morgan fingerprint density at radius 3 is 2.62 bits per heavy atom. The summed E-state index contributed by atoms with van der Waals surface area (Å²) in [5, 5.41) is 6.80. The quantitative estimate of drug-likeness (QED) is 0.405. The van der Waals surface area contributed by atoms with Crippen LogP contribution in [0.5, 0.6) is 0 Å². The van der Waals surface area contributed by atoms with E-state index < -0.39 is 0 Å². The van der Waals surface area contributed by atoms with Gasteiger partial charge in [0.1, 0.15) is 0 Å². The van der Waals surface area contributed by atoms with Crippen molar-refractivity contribution in [1.29, 1.82) is 0 Å². The van der Waals surface area contributed by atoms with Gasteiger partial charge in [-0.2, -0.15) is 0 Å². The highest BCUT2D eigenvalue weighted by Crippen LogP contribution is 2.20. The van der Waals surface area contributed by atoms with E-state index in [0.29, 0.717) is 6.10 Å². The number of nitrogens with one attached hydrogen (secondary N) is 2. The summed E-state index contributed by atoms with van der Waals surface area (Å²) < 4.78 is 5.64. The fraction of sp³-hybridized carbons (Fsp3) is 0.947. The van der Waals surface area contributed by atoms with Crippen LogP contribution >= 0.6 is 0 Å². The summed E-state index contributed by atoms with van der Waals surface area (Å²) in [5.74, 6) is 2.66. The zero-order chi connectivity index (χ0) is 17.2. The number of rotatable bonds is 8. The first-order chi connectivity index (χ1) is 11.7. The number of likely N-dealkylation sites (tertiary alicyclic amines) is 1. The van der Waals surface area contributed by atoms with Crippen molar-refractivity contribution in [1.82, 2.24) is 15.5 Å². The minimum absolute atomic E-state index is 0.323. The number of ether oxygens (including phenoxy) is 1. The lowest BCUT2D eigenvalue weighted by atomic mass is 9.92. The van der Waals surface area contributed by atoms with E-state index in [9.17, 15) is 0 Å². The molecule has 2 N–H and O–H groups in total. The fourth-order valence-electron chi connectivity index (χ4n) is 3.96. The van der Waals surface area contributed by atoms with Gasteiger partial charge in [0.15, 0.2) is 5.96 Å². The molecule has 2 aliphatic heterocycles. The molecule has 2 heterocycles. The first-order valence-corrected chi connectivity index (χ1v) is 10.0. The van der Waals surface area contributed by atoms with E-state index in [0.717, 1.165) is 50.5 Å². The van der Waals surface area contributed by atoms with E-state index in [-0.39, 0.29) is 0 Å². The predicted molar refractivity (Wildman–Crippen MR) is 102 cm³/mol. The van der Waals surface area contributed by atoms with E-state index in [1.165, 1.54) is 45.3 Å². The molecule has 5 heteroatoms. The molecule has 0 saturated carbocycles. The molecular weight excluding hydrogens is 300 g/mol. The number of unbranched alkanes of at least 4 members (excludes halogenated alkanes) is 1. The number of hydrogen-bond acceptors (Lipinski definition) is 3. The lowest BCUT2D eigenvalue weighted by Crippen LogP contribution is -2.40. The van der Waals surface area contributed by atoms with E-state index in [2.05, 4.69) is 41.3 Å². The Morgan fingerprint density at radius 2 is 1.96 bits per heavy atom. The summed E-state index contributed by atoms with van der Waals surface area (Å²) in [6, 6.07) is 0. The van der Waals surface area contributed by atoms with Gasteiger partial charge in [0.25, 0.3) is 0 Å². The van der Waals surface area contributed by atoms with E-state index in [4.69, 9.17) is 4.74 Å². The third-order valence-electron chi connectivity index (χ3n) is 4.96. The lowest BCUT2D eigenvalue weighted by Gasteiger charge is -2.34. The minimum atomic E-state index is 0.323. The van der Waals surface area contributed by atoms with Crippen molar-refractivity contribution in [3.8, 4) is 0 Å². The molecule has 2 rings (SSSR count). The molecule has 0 aromatic heterocycles. The van der Waals surface area contributed by atoms with Gasteiger partial charge >= 0.3 is 0 Å². The Hall–Kier alpha value is -0.810. The molecule has 24 heavy (non-hydrogen) atoms. The average molecular weight is 339 g/mol. The number of guanidine groups is 1. The number of aliphatic imine (C=N–C) groups is 1. The molecule has 2 saturated heterocycles. The molecule has 5 nitrogen and oxygen atoms in total. The van der Waals surface area contributed by atoms with Crippen LogP contribution in [0, 0.1) is 11.8 Å². The standard InChI is InChI=1S/C19H38N4O/c1-4-20-19(22-13-18-8-7-11-24-18)21-9-5-6-10-23-14-16(2)12-17(3)15-23/h16-18H,4-15H2,1-3H3,(H2,20,21,22). The molecule has 2 fully saturated rings. The summed E-state index contributed by atoms with van der Waals surface area (Å²) in [6.07, 6.45) is 6.50. The first kappa shape index (κ1) is 19.5. The second-order valence-electron chi connectivity index (χ2n) is 7.69. The first-order valence-electron chi connectivity index (χ1n) is 10.0. The molecule has 140 valence electrons. The number of nitrogens with zero attached hydrogens (tertiary/aromatic N) is 2. The van der Waals surface area contributed by atoms with Crippen LogP contribution in [0.2, 0.25) is 0 Å². The summed E-state index contributed by atoms with van der Waals surface area (Å²) in [7, 11) is 0. The largest absolute Gasteiger partial charge is 0.376 e.